The lowest BCUT2D eigenvalue weighted by atomic mass is 10.4. The third-order valence-electron chi connectivity index (χ3n) is 2.72. The zero-order valence-electron chi connectivity index (χ0n) is 11.1. The average Bonchev–Trinajstić information content (AvgIpc) is 2.36. The first-order valence-corrected chi connectivity index (χ1v) is 7.99. The SMILES string of the molecule is O=S(=O)(CCN1CCNCC1)NCCOCC(F)(F)F. The van der Waals surface area contributed by atoms with Gasteiger partial charge in [-0.1, -0.05) is 0 Å². The maximum Gasteiger partial charge on any atom is 0.411 e. The first-order valence-electron chi connectivity index (χ1n) is 6.33. The monoisotopic (exact) mass is 319 g/mol. The van der Waals surface area contributed by atoms with Gasteiger partial charge in [-0.25, -0.2) is 13.1 Å². The van der Waals surface area contributed by atoms with Crippen molar-refractivity contribution in [3.05, 3.63) is 0 Å². The summed E-state index contributed by atoms with van der Waals surface area (Å²) in [7, 11) is -3.47. The quantitative estimate of drug-likeness (QED) is 0.584. The van der Waals surface area contributed by atoms with Crippen LogP contribution < -0.4 is 10.0 Å². The number of hydrogen-bond acceptors (Lipinski definition) is 5. The van der Waals surface area contributed by atoms with Crippen LogP contribution in [0.15, 0.2) is 0 Å². The normalized spacial score (nSPS) is 18.4. The summed E-state index contributed by atoms with van der Waals surface area (Å²) in [5.41, 5.74) is 0. The Labute approximate surface area is 116 Å². The van der Waals surface area contributed by atoms with Crippen molar-refractivity contribution in [1.82, 2.24) is 14.9 Å². The van der Waals surface area contributed by atoms with E-state index < -0.39 is 22.8 Å². The van der Waals surface area contributed by atoms with Crippen molar-refractivity contribution >= 4 is 10.0 Å². The summed E-state index contributed by atoms with van der Waals surface area (Å²) in [6.07, 6.45) is -4.39. The lowest BCUT2D eigenvalue weighted by Gasteiger charge is -2.26. The molecule has 0 amide bonds. The molecule has 0 bridgehead atoms. The standard InChI is InChI=1S/C10H20F3N3O3S/c11-10(12,13)9-19-7-3-15-20(17,18)8-6-16-4-1-14-2-5-16/h14-15H,1-9H2. The molecule has 0 radical (unpaired) electrons. The maximum absolute atomic E-state index is 11.8. The molecule has 120 valence electrons. The van der Waals surface area contributed by atoms with Crippen molar-refractivity contribution in [2.24, 2.45) is 0 Å². The van der Waals surface area contributed by atoms with Gasteiger partial charge in [0.15, 0.2) is 0 Å². The Kier molecular flexibility index (Phi) is 7.17. The molecule has 0 aromatic rings. The lowest BCUT2D eigenvalue weighted by Crippen LogP contribution is -2.46. The average molecular weight is 319 g/mol. The van der Waals surface area contributed by atoms with Crippen molar-refractivity contribution in [2.45, 2.75) is 6.18 Å². The summed E-state index contributed by atoms with van der Waals surface area (Å²) >= 11 is 0. The Bertz CT molecular complexity index is 370. The Balaban J connectivity index is 2.11. The van der Waals surface area contributed by atoms with Crippen LogP contribution in [0.5, 0.6) is 0 Å². The first-order chi connectivity index (χ1) is 9.29. The minimum atomic E-state index is -4.39. The fourth-order valence-electron chi connectivity index (χ4n) is 1.71. The topological polar surface area (TPSA) is 70.7 Å². The molecular formula is C10H20F3N3O3S. The van der Waals surface area contributed by atoms with E-state index >= 15 is 0 Å². The van der Waals surface area contributed by atoms with Crippen LogP contribution in [0.3, 0.4) is 0 Å². The fraction of sp³-hybridized carbons (Fsp3) is 1.00. The van der Waals surface area contributed by atoms with E-state index in [4.69, 9.17) is 0 Å². The Morgan fingerprint density at radius 3 is 2.50 bits per heavy atom. The van der Waals surface area contributed by atoms with E-state index in [1.165, 1.54) is 0 Å². The summed E-state index contributed by atoms with van der Waals surface area (Å²) in [6, 6.07) is 0. The van der Waals surface area contributed by atoms with Crippen molar-refractivity contribution in [1.29, 1.82) is 0 Å². The van der Waals surface area contributed by atoms with Gasteiger partial charge in [-0.15, -0.1) is 0 Å². The molecule has 0 unspecified atom stereocenters. The molecule has 20 heavy (non-hydrogen) atoms. The van der Waals surface area contributed by atoms with Crippen molar-refractivity contribution in [2.75, 3.05) is 58.2 Å². The molecule has 0 aromatic heterocycles. The van der Waals surface area contributed by atoms with Gasteiger partial charge in [0.25, 0.3) is 0 Å². The third-order valence-corrected chi connectivity index (χ3v) is 4.08. The highest BCUT2D eigenvalue weighted by atomic mass is 32.2. The number of hydrogen-bond donors (Lipinski definition) is 2. The molecular weight excluding hydrogens is 299 g/mol. The molecule has 0 saturated carbocycles. The number of halogens is 3. The van der Waals surface area contributed by atoms with Gasteiger partial charge >= 0.3 is 6.18 Å². The molecule has 10 heteroatoms. The molecule has 0 atom stereocenters. The minimum Gasteiger partial charge on any atom is -0.371 e. The molecule has 1 rings (SSSR count). The van der Waals surface area contributed by atoms with E-state index in [9.17, 15) is 21.6 Å². The van der Waals surface area contributed by atoms with Gasteiger partial charge in [0.05, 0.1) is 12.4 Å². The molecule has 0 aromatic carbocycles. The van der Waals surface area contributed by atoms with Gasteiger partial charge < -0.3 is 10.1 Å². The minimum absolute atomic E-state index is 0.0632. The molecule has 1 saturated heterocycles. The van der Waals surface area contributed by atoms with Crippen LogP contribution in [0, 0.1) is 0 Å². The van der Waals surface area contributed by atoms with Crippen LogP contribution in [0.1, 0.15) is 0 Å². The second kappa shape index (κ2) is 8.13. The summed E-state index contributed by atoms with van der Waals surface area (Å²) in [6.45, 7) is 1.86. The Morgan fingerprint density at radius 2 is 1.90 bits per heavy atom. The molecule has 1 aliphatic heterocycles. The number of nitrogens with one attached hydrogen (secondary N) is 2. The first kappa shape index (κ1) is 17.6. The van der Waals surface area contributed by atoms with Gasteiger partial charge in [0, 0.05) is 39.3 Å². The predicted octanol–water partition coefficient (Wildman–Crippen LogP) is -0.610. The van der Waals surface area contributed by atoms with Crippen molar-refractivity contribution in [3.63, 3.8) is 0 Å². The molecule has 6 nitrogen and oxygen atoms in total. The highest BCUT2D eigenvalue weighted by Crippen LogP contribution is 2.13. The highest BCUT2D eigenvalue weighted by Gasteiger charge is 2.27. The zero-order valence-corrected chi connectivity index (χ0v) is 11.9. The Hall–Kier alpha value is -0.420. The maximum atomic E-state index is 11.8. The van der Waals surface area contributed by atoms with Crippen LogP contribution in [0.4, 0.5) is 13.2 Å². The van der Waals surface area contributed by atoms with E-state index in [0.29, 0.717) is 6.54 Å². The molecule has 2 N–H and O–H groups in total. The molecule has 1 heterocycles. The fourth-order valence-corrected chi connectivity index (χ4v) is 2.75. The smallest absolute Gasteiger partial charge is 0.371 e. The van der Waals surface area contributed by atoms with Crippen LogP contribution in [0.2, 0.25) is 0 Å². The Morgan fingerprint density at radius 1 is 1.25 bits per heavy atom. The third kappa shape index (κ3) is 8.69. The summed E-state index contributed by atoms with van der Waals surface area (Å²) in [4.78, 5) is 2.02. The van der Waals surface area contributed by atoms with Gasteiger partial charge in [-0.3, -0.25) is 4.90 Å². The van der Waals surface area contributed by atoms with E-state index in [0.717, 1.165) is 26.2 Å². The van der Waals surface area contributed by atoms with Gasteiger partial charge in [-0.05, 0) is 0 Å². The number of rotatable bonds is 8. The summed E-state index contributed by atoms with van der Waals surface area (Å²) in [5.74, 6) is -0.0632. The highest BCUT2D eigenvalue weighted by molar-refractivity contribution is 7.89. The van der Waals surface area contributed by atoms with Crippen molar-refractivity contribution < 1.29 is 26.3 Å². The largest absolute Gasteiger partial charge is 0.411 e. The summed E-state index contributed by atoms with van der Waals surface area (Å²) in [5, 5.41) is 3.16. The van der Waals surface area contributed by atoms with E-state index in [-0.39, 0.29) is 18.9 Å². The molecule has 1 aliphatic rings. The molecule has 1 fully saturated rings. The second-order valence-electron chi connectivity index (χ2n) is 4.47. The van der Waals surface area contributed by atoms with Crippen LogP contribution >= 0.6 is 0 Å². The number of piperazine rings is 1. The number of ether oxygens (including phenoxy) is 1. The van der Waals surface area contributed by atoms with Gasteiger partial charge in [-0.2, -0.15) is 13.2 Å². The second-order valence-corrected chi connectivity index (χ2v) is 6.40. The predicted molar refractivity (Wildman–Crippen MR) is 68.0 cm³/mol. The number of alkyl halides is 3. The number of sulfonamides is 1. The molecule has 0 aliphatic carbocycles. The molecule has 0 spiro atoms. The van der Waals surface area contributed by atoms with E-state index in [1.807, 2.05) is 4.90 Å². The van der Waals surface area contributed by atoms with Gasteiger partial charge in [0.1, 0.15) is 6.61 Å². The number of nitrogens with zero attached hydrogens (tertiary/aromatic N) is 1. The zero-order chi connectivity index (χ0) is 15.1. The van der Waals surface area contributed by atoms with E-state index in [1.54, 1.807) is 0 Å². The van der Waals surface area contributed by atoms with Gasteiger partial charge in [0.2, 0.25) is 10.0 Å². The van der Waals surface area contributed by atoms with Crippen LogP contribution in [-0.4, -0.2) is 77.7 Å². The van der Waals surface area contributed by atoms with Crippen LogP contribution in [0.25, 0.3) is 0 Å². The van der Waals surface area contributed by atoms with Crippen LogP contribution in [-0.2, 0) is 14.8 Å². The van der Waals surface area contributed by atoms with Crippen molar-refractivity contribution in [3.8, 4) is 0 Å². The lowest BCUT2D eigenvalue weighted by molar-refractivity contribution is -0.173. The van der Waals surface area contributed by atoms with E-state index in [2.05, 4.69) is 14.8 Å². The summed E-state index contributed by atoms with van der Waals surface area (Å²) < 4.78 is 65.1.